The second-order valence-corrected chi connectivity index (χ2v) is 4.60. The molecular weight excluding hydrogens is 273 g/mol. The molecule has 0 atom stereocenters. The number of nitrogens with two attached hydrogens (primary N) is 1. The van der Waals surface area contributed by atoms with Gasteiger partial charge in [-0.2, -0.15) is 5.10 Å². The van der Waals surface area contributed by atoms with E-state index in [9.17, 15) is 9.18 Å². The van der Waals surface area contributed by atoms with Crippen LogP contribution >= 0.6 is 0 Å². The summed E-state index contributed by atoms with van der Waals surface area (Å²) in [5.74, 6) is -1.06. The minimum absolute atomic E-state index is 0.0678. The fourth-order valence-corrected chi connectivity index (χ4v) is 2.01. The van der Waals surface area contributed by atoms with Gasteiger partial charge < -0.3 is 10.5 Å². The van der Waals surface area contributed by atoms with Crippen LogP contribution in [0.5, 0.6) is 0 Å². The van der Waals surface area contributed by atoms with Gasteiger partial charge in [-0.15, -0.1) is 0 Å². The monoisotopic (exact) mass is 291 g/mol. The number of carbonyl (C=O) groups is 1. The van der Waals surface area contributed by atoms with Crippen LogP contribution in [0.4, 0.5) is 10.1 Å². The Labute approximate surface area is 122 Å². The van der Waals surface area contributed by atoms with E-state index in [2.05, 4.69) is 5.10 Å². The van der Waals surface area contributed by atoms with Crippen LogP contribution in [-0.2, 0) is 24.3 Å². The summed E-state index contributed by atoms with van der Waals surface area (Å²) in [6.45, 7) is 4.79. The highest BCUT2D eigenvalue weighted by Gasteiger charge is 2.14. The quantitative estimate of drug-likeness (QED) is 0.679. The topological polar surface area (TPSA) is 70.1 Å². The molecule has 112 valence electrons. The van der Waals surface area contributed by atoms with E-state index in [4.69, 9.17) is 10.5 Å². The maximum Gasteiger partial charge on any atom is 0.340 e. The number of aryl methyl sites for hydroxylation is 2. The van der Waals surface area contributed by atoms with E-state index in [1.807, 2.05) is 19.9 Å². The molecule has 0 unspecified atom stereocenters. The third-order valence-electron chi connectivity index (χ3n) is 3.16. The SMILES string of the molecule is CCc1cc(COC(=O)c2ccc(F)cc2N)n(CC)n1. The van der Waals surface area contributed by atoms with Crippen LogP contribution in [0.2, 0.25) is 0 Å². The molecule has 0 aliphatic rings. The van der Waals surface area contributed by atoms with Crippen LogP contribution in [0, 0.1) is 5.82 Å². The maximum absolute atomic E-state index is 13.0. The van der Waals surface area contributed by atoms with E-state index >= 15 is 0 Å². The van der Waals surface area contributed by atoms with Gasteiger partial charge in [0.05, 0.1) is 17.0 Å². The average Bonchev–Trinajstić information content (AvgIpc) is 2.87. The van der Waals surface area contributed by atoms with Crippen LogP contribution in [0.15, 0.2) is 24.3 Å². The molecule has 2 N–H and O–H groups in total. The van der Waals surface area contributed by atoms with Crippen molar-refractivity contribution in [1.82, 2.24) is 9.78 Å². The molecule has 0 fully saturated rings. The number of aromatic nitrogens is 2. The predicted molar refractivity (Wildman–Crippen MR) is 77.2 cm³/mol. The third-order valence-corrected chi connectivity index (χ3v) is 3.16. The molecule has 0 radical (unpaired) electrons. The highest BCUT2D eigenvalue weighted by molar-refractivity contribution is 5.94. The van der Waals surface area contributed by atoms with Crippen molar-refractivity contribution in [3.05, 3.63) is 47.0 Å². The predicted octanol–water partition coefficient (Wildman–Crippen LogP) is 2.54. The van der Waals surface area contributed by atoms with E-state index in [0.717, 1.165) is 23.9 Å². The zero-order valence-electron chi connectivity index (χ0n) is 12.1. The number of halogens is 1. The van der Waals surface area contributed by atoms with Crippen molar-refractivity contribution in [2.75, 3.05) is 5.73 Å². The number of ether oxygens (including phenoxy) is 1. The molecule has 1 heterocycles. The summed E-state index contributed by atoms with van der Waals surface area (Å²) in [6, 6.07) is 5.51. The first kappa shape index (κ1) is 15.0. The summed E-state index contributed by atoms with van der Waals surface area (Å²) in [5.41, 5.74) is 7.62. The summed E-state index contributed by atoms with van der Waals surface area (Å²) in [4.78, 5) is 12.0. The number of nitrogen functional groups attached to an aromatic ring is 1. The van der Waals surface area contributed by atoms with Gasteiger partial charge in [-0.1, -0.05) is 6.92 Å². The number of hydrogen-bond acceptors (Lipinski definition) is 4. The zero-order chi connectivity index (χ0) is 15.4. The molecule has 0 aliphatic heterocycles. The molecule has 0 saturated carbocycles. The van der Waals surface area contributed by atoms with Crippen LogP contribution < -0.4 is 5.73 Å². The van der Waals surface area contributed by atoms with Gasteiger partial charge in [-0.05, 0) is 37.6 Å². The van der Waals surface area contributed by atoms with Crippen molar-refractivity contribution in [1.29, 1.82) is 0 Å². The summed E-state index contributed by atoms with van der Waals surface area (Å²) < 4.78 is 20.0. The zero-order valence-corrected chi connectivity index (χ0v) is 12.1. The first-order valence-corrected chi connectivity index (χ1v) is 6.82. The van der Waals surface area contributed by atoms with E-state index in [-0.39, 0.29) is 17.9 Å². The van der Waals surface area contributed by atoms with E-state index in [0.29, 0.717) is 6.54 Å². The van der Waals surface area contributed by atoms with E-state index < -0.39 is 11.8 Å². The molecular formula is C15H18FN3O2. The molecule has 0 bridgehead atoms. The van der Waals surface area contributed by atoms with Crippen molar-refractivity contribution in [2.24, 2.45) is 0 Å². The minimum Gasteiger partial charge on any atom is -0.456 e. The minimum atomic E-state index is -0.575. The van der Waals surface area contributed by atoms with Gasteiger partial charge in [0.15, 0.2) is 0 Å². The van der Waals surface area contributed by atoms with Gasteiger partial charge in [0.1, 0.15) is 12.4 Å². The molecule has 1 aromatic carbocycles. The number of hydrogen-bond donors (Lipinski definition) is 1. The van der Waals surface area contributed by atoms with Crippen molar-refractivity contribution in [3.8, 4) is 0 Å². The Hall–Kier alpha value is -2.37. The molecule has 0 aliphatic carbocycles. The largest absolute Gasteiger partial charge is 0.456 e. The second kappa shape index (κ2) is 6.39. The number of nitrogens with zero attached hydrogens (tertiary/aromatic N) is 2. The van der Waals surface area contributed by atoms with Gasteiger partial charge >= 0.3 is 5.97 Å². The number of rotatable bonds is 5. The normalized spacial score (nSPS) is 10.6. The van der Waals surface area contributed by atoms with Crippen LogP contribution in [-0.4, -0.2) is 15.7 Å². The Kier molecular flexibility index (Phi) is 4.57. The molecule has 1 aromatic heterocycles. The van der Waals surface area contributed by atoms with Gasteiger partial charge in [0, 0.05) is 12.2 Å². The first-order chi connectivity index (χ1) is 10.0. The van der Waals surface area contributed by atoms with Gasteiger partial charge in [0.25, 0.3) is 0 Å². The maximum atomic E-state index is 13.0. The van der Waals surface area contributed by atoms with Crippen molar-refractivity contribution >= 4 is 11.7 Å². The fourth-order valence-electron chi connectivity index (χ4n) is 2.01. The Morgan fingerprint density at radius 2 is 2.14 bits per heavy atom. The van der Waals surface area contributed by atoms with Crippen LogP contribution in [0.1, 0.15) is 35.6 Å². The van der Waals surface area contributed by atoms with Crippen molar-refractivity contribution in [2.45, 2.75) is 33.4 Å². The molecule has 5 nitrogen and oxygen atoms in total. The molecule has 0 spiro atoms. The molecule has 6 heteroatoms. The van der Waals surface area contributed by atoms with Gasteiger partial charge in [-0.25, -0.2) is 9.18 Å². The number of benzene rings is 1. The number of anilines is 1. The lowest BCUT2D eigenvalue weighted by molar-refractivity contribution is 0.0463. The summed E-state index contributed by atoms with van der Waals surface area (Å²) >= 11 is 0. The summed E-state index contributed by atoms with van der Waals surface area (Å²) in [6.07, 6.45) is 0.818. The molecule has 21 heavy (non-hydrogen) atoms. The van der Waals surface area contributed by atoms with Crippen LogP contribution in [0.3, 0.4) is 0 Å². The Morgan fingerprint density at radius 3 is 2.76 bits per heavy atom. The lowest BCUT2D eigenvalue weighted by Crippen LogP contribution is -2.11. The fraction of sp³-hybridized carbons (Fsp3) is 0.333. The number of esters is 1. The second-order valence-electron chi connectivity index (χ2n) is 4.60. The smallest absolute Gasteiger partial charge is 0.340 e. The summed E-state index contributed by atoms with van der Waals surface area (Å²) in [7, 11) is 0. The van der Waals surface area contributed by atoms with Gasteiger partial charge in [0.2, 0.25) is 0 Å². The van der Waals surface area contributed by atoms with Crippen molar-refractivity contribution in [3.63, 3.8) is 0 Å². The molecule has 2 rings (SSSR count). The van der Waals surface area contributed by atoms with E-state index in [1.165, 1.54) is 12.1 Å². The summed E-state index contributed by atoms with van der Waals surface area (Å²) in [5, 5.41) is 4.38. The highest BCUT2D eigenvalue weighted by Crippen LogP contribution is 2.16. The van der Waals surface area contributed by atoms with Crippen molar-refractivity contribution < 1.29 is 13.9 Å². The van der Waals surface area contributed by atoms with E-state index in [1.54, 1.807) is 4.68 Å². The Morgan fingerprint density at radius 1 is 1.38 bits per heavy atom. The lowest BCUT2D eigenvalue weighted by Gasteiger charge is -2.08. The Balaban J connectivity index is 2.08. The van der Waals surface area contributed by atoms with Gasteiger partial charge in [-0.3, -0.25) is 4.68 Å². The van der Waals surface area contributed by atoms with Crippen LogP contribution in [0.25, 0.3) is 0 Å². The third kappa shape index (κ3) is 3.39. The average molecular weight is 291 g/mol. The molecule has 0 amide bonds. The number of carbonyl (C=O) groups excluding carboxylic acids is 1. The molecule has 0 saturated heterocycles. The Bertz CT molecular complexity index is 652. The standard InChI is InChI=1S/C15H18FN3O2/c1-3-11-8-12(19(4-2)18-11)9-21-15(20)13-6-5-10(16)7-14(13)17/h5-8H,3-4,9,17H2,1-2H3. The lowest BCUT2D eigenvalue weighted by atomic mass is 10.2. The first-order valence-electron chi connectivity index (χ1n) is 6.82. The highest BCUT2D eigenvalue weighted by atomic mass is 19.1. The molecule has 2 aromatic rings.